The fourth-order valence-corrected chi connectivity index (χ4v) is 2.31. The van der Waals surface area contributed by atoms with Crippen LogP contribution in [0.2, 0.25) is 0 Å². The van der Waals surface area contributed by atoms with E-state index in [0.29, 0.717) is 12.8 Å². The maximum absolute atomic E-state index is 11.2. The lowest BCUT2D eigenvalue weighted by Crippen LogP contribution is -2.11. The van der Waals surface area contributed by atoms with Crippen LogP contribution in [-0.4, -0.2) is 11.9 Å². The summed E-state index contributed by atoms with van der Waals surface area (Å²) in [6.45, 7) is 0. The molecule has 1 atom stereocenters. The van der Waals surface area contributed by atoms with Gasteiger partial charge in [0.25, 0.3) is 0 Å². The SMILES string of the molecule is O=C1CCC(Oc2cccc(Oc3ccccc3)c2)C1. The van der Waals surface area contributed by atoms with Crippen molar-refractivity contribution in [3.05, 3.63) is 54.6 Å². The van der Waals surface area contributed by atoms with Crippen LogP contribution in [0.25, 0.3) is 0 Å². The quantitative estimate of drug-likeness (QED) is 0.841. The average molecular weight is 268 g/mol. The molecule has 0 aliphatic heterocycles. The molecule has 0 N–H and O–H groups in total. The maximum Gasteiger partial charge on any atom is 0.136 e. The highest BCUT2D eigenvalue weighted by molar-refractivity contribution is 5.81. The van der Waals surface area contributed by atoms with Crippen molar-refractivity contribution in [1.29, 1.82) is 0 Å². The number of hydrogen-bond acceptors (Lipinski definition) is 3. The molecule has 0 radical (unpaired) electrons. The van der Waals surface area contributed by atoms with Crippen molar-refractivity contribution in [2.24, 2.45) is 0 Å². The number of Topliss-reactive ketones (excluding diaryl/α,β-unsaturated/α-hetero) is 1. The van der Waals surface area contributed by atoms with Crippen molar-refractivity contribution in [2.45, 2.75) is 25.4 Å². The second-order valence-electron chi connectivity index (χ2n) is 4.91. The van der Waals surface area contributed by atoms with Crippen LogP contribution in [0.5, 0.6) is 17.2 Å². The van der Waals surface area contributed by atoms with Crippen LogP contribution in [0.3, 0.4) is 0 Å². The van der Waals surface area contributed by atoms with Crippen LogP contribution in [-0.2, 0) is 4.79 Å². The van der Waals surface area contributed by atoms with E-state index in [0.717, 1.165) is 23.7 Å². The predicted molar refractivity (Wildman–Crippen MR) is 76.2 cm³/mol. The second kappa shape index (κ2) is 5.78. The summed E-state index contributed by atoms with van der Waals surface area (Å²) in [7, 11) is 0. The Morgan fingerprint density at radius 3 is 2.40 bits per heavy atom. The number of para-hydroxylation sites is 1. The van der Waals surface area contributed by atoms with Gasteiger partial charge < -0.3 is 9.47 Å². The summed E-state index contributed by atoms with van der Waals surface area (Å²) in [4.78, 5) is 11.2. The third-order valence-corrected chi connectivity index (χ3v) is 3.29. The summed E-state index contributed by atoms with van der Waals surface area (Å²) in [5, 5.41) is 0. The highest BCUT2D eigenvalue weighted by Crippen LogP contribution is 2.27. The standard InChI is InChI=1S/C17H16O3/c18-13-9-10-17(11-13)20-16-8-4-7-15(12-16)19-14-5-2-1-3-6-14/h1-8,12,17H,9-11H2. The van der Waals surface area contributed by atoms with Gasteiger partial charge in [0.05, 0.1) is 0 Å². The van der Waals surface area contributed by atoms with E-state index in [1.54, 1.807) is 0 Å². The highest BCUT2D eigenvalue weighted by atomic mass is 16.5. The molecule has 0 bridgehead atoms. The third-order valence-electron chi connectivity index (χ3n) is 3.29. The van der Waals surface area contributed by atoms with Crippen molar-refractivity contribution in [2.75, 3.05) is 0 Å². The fraction of sp³-hybridized carbons (Fsp3) is 0.235. The van der Waals surface area contributed by atoms with Crippen LogP contribution in [0, 0.1) is 0 Å². The maximum atomic E-state index is 11.2. The lowest BCUT2D eigenvalue weighted by molar-refractivity contribution is -0.117. The molecule has 3 rings (SSSR count). The van der Waals surface area contributed by atoms with Gasteiger partial charge in [0, 0.05) is 18.9 Å². The van der Waals surface area contributed by atoms with Crippen molar-refractivity contribution in [3.63, 3.8) is 0 Å². The van der Waals surface area contributed by atoms with Crippen LogP contribution in [0.4, 0.5) is 0 Å². The first-order valence-corrected chi connectivity index (χ1v) is 6.81. The topological polar surface area (TPSA) is 35.5 Å². The number of ether oxygens (including phenoxy) is 2. The van der Waals surface area contributed by atoms with E-state index in [-0.39, 0.29) is 11.9 Å². The number of rotatable bonds is 4. The first kappa shape index (κ1) is 12.7. The van der Waals surface area contributed by atoms with Gasteiger partial charge in [-0.25, -0.2) is 0 Å². The fourth-order valence-electron chi connectivity index (χ4n) is 2.31. The van der Waals surface area contributed by atoms with Gasteiger partial charge in [-0.3, -0.25) is 4.79 Å². The molecule has 1 unspecified atom stereocenters. The Morgan fingerprint density at radius 1 is 0.900 bits per heavy atom. The van der Waals surface area contributed by atoms with Gasteiger partial charge in [-0.2, -0.15) is 0 Å². The van der Waals surface area contributed by atoms with Gasteiger partial charge in [0.1, 0.15) is 29.1 Å². The largest absolute Gasteiger partial charge is 0.490 e. The molecule has 1 aliphatic carbocycles. The summed E-state index contributed by atoms with van der Waals surface area (Å²) in [6, 6.07) is 17.1. The van der Waals surface area contributed by atoms with Gasteiger partial charge >= 0.3 is 0 Å². The van der Waals surface area contributed by atoms with Crippen LogP contribution < -0.4 is 9.47 Å². The van der Waals surface area contributed by atoms with E-state index >= 15 is 0 Å². The number of benzene rings is 2. The summed E-state index contributed by atoms with van der Waals surface area (Å²) in [5.41, 5.74) is 0. The Kier molecular flexibility index (Phi) is 3.68. The van der Waals surface area contributed by atoms with Gasteiger partial charge in [0.2, 0.25) is 0 Å². The smallest absolute Gasteiger partial charge is 0.136 e. The molecule has 1 aliphatic rings. The Balaban J connectivity index is 1.68. The minimum absolute atomic E-state index is 0.00877. The first-order valence-electron chi connectivity index (χ1n) is 6.81. The highest BCUT2D eigenvalue weighted by Gasteiger charge is 2.23. The van der Waals surface area contributed by atoms with Crippen LogP contribution >= 0.6 is 0 Å². The molecular formula is C17H16O3. The van der Waals surface area contributed by atoms with E-state index in [1.807, 2.05) is 54.6 Å². The number of ketones is 1. The minimum atomic E-state index is 0.00877. The van der Waals surface area contributed by atoms with Crippen molar-refractivity contribution < 1.29 is 14.3 Å². The molecule has 1 saturated carbocycles. The lowest BCUT2D eigenvalue weighted by atomic mass is 10.3. The van der Waals surface area contributed by atoms with E-state index in [1.165, 1.54) is 0 Å². The Morgan fingerprint density at radius 2 is 1.65 bits per heavy atom. The molecule has 0 spiro atoms. The van der Waals surface area contributed by atoms with E-state index in [9.17, 15) is 4.79 Å². The molecule has 2 aromatic rings. The molecule has 0 amide bonds. The number of carbonyl (C=O) groups excluding carboxylic acids is 1. The molecular weight excluding hydrogens is 252 g/mol. The first-order chi connectivity index (χ1) is 9.79. The Hall–Kier alpha value is -2.29. The molecule has 0 aromatic heterocycles. The predicted octanol–water partition coefficient (Wildman–Crippen LogP) is 3.98. The number of hydrogen-bond donors (Lipinski definition) is 0. The molecule has 0 saturated heterocycles. The van der Waals surface area contributed by atoms with Gasteiger partial charge in [0.15, 0.2) is 0 Å². The van der Waals surface area contributed by atoms with E-state index in [4.69, 9.17) is 9.47 Å². The summed E-state index contributed by atoms with van der Waals surface area (Å²) < 4.78 is 11.6. The van der Waals surface area contributed by atoms with Crippen molar-refractivity contribution in [1.82, 2.24) is 0 Å². The Labute approximate surface area is 118 Å². The summed E-state index contributed by atoms with van der Waals surface area (Å²) in [6.07, 6.45) is 1.96. The van der Waals surface area contributed by atoms with Gasteiger partial charge in [-0.1, -0.05) is 24.3 Å². The Bertz CT molecular complexity index is 592. The lowest BCUT2D eigenvalue weighted by Gasteiger charge is -2.13. The zero-order chi connectivity index (χ0) is 13.8. The molecule has 0 heterocycles. The molecule has 3 nitrogen and oxygen atoms in total. The zero-order valence-corrected chi connectivity index (χ0v) is 11.1. The average Bonchev–Trinajstić information content (AvgIpc) is 2.86. The summed E-state index contributed by atoms with van der Waals surface area (Å²) in [5.74, 6) is 2.56. The number of carbonyl (C=O) groups is 1. The third kappa shape index (κ3) is 3.18. The molecule has 20 heavy (non-hydrogen) atoms. The van der Waals surface area contributed by atoms with Crippen molar-refractivity contribution in [3.8, 4) is 17.2 Å². The second-order valence-corrected chi connectivity index (χ2v) is 4.91. The molecule has 3 heteroatoms. The van der Waals surface area contributed by atoms with Crippen molar-refractivity contribution >= 4 is 5.78 Å². The molecule has 1 fully saturated rings. The minimum Gasteiger partial charge on any atom is -0.490 e. The van der Waals surface area contributed by atoms with Gasteiger partial charge in [-0.15, -0.1) is 0 Å². The molecule has 102 valence electrons. The normalized spacial score (nSPS) is 18.0. The van der Waals surface area contributed by atoms with Crippen LogP contribution in [0.1, 0.15) is 19.3 Å². The molecule has 2 aromatic carbocycles. The van der Waals surface area contributed by atoms with E-state index < -0.39 is 0 Å². The summed E-state index contributed by atoms with van der Waals surface area (Å²) >= 11 is 0. The van der Waals surface area contributed by atoms with Gasteiger partial charge in [-0.05, 0) is 30.7 Å². The van der Waals surface area contributed by atoms with E-state index in [2.05, 4.69) is 0 Å². The monoisotopic (exact) mass is 268 g/mol. The zero-order valence-electron chi connectivity index (χ0n) is 11.1. The van der Waals surface area contributed by atoms with Crippen LogP contribution in [0.15, 0.2) is 54.6 Å².